The quantitative estimate of drug-likeness (QED) is 0.559. The summed E-state index contributed by atoms with van der Waals surface area (Å²) in [5.41, 5.74) is 8.56. The van der Waals surface area contributed by atoms with Gasteiger partial charge in [-0.1, -0.05) is 60.2 Å². The molecule has 0 spiro atoms. The third-order valence-electron chi connectivity index (χ3n) is 7.43. The van der Waals surface area contributed by atoms with E-state index < -0.39 is 0 Å². The van der Waals surface area contributed by atoms with Gasteiger partial charge in [-0.3, -0.25) is 9.80 Å². The van der Waals surface area contributed by atoms with Gasteiger partial charge in [-0.15, -0.1) is 0 Å². The van der Waals surface area contributed by atoms with E-state index >= 15 is 0 Å². The minimum atomic E-state index is 0.429. The highest BCUT2D eigenvalue weighted by atomic mass is 16.5. The van der Waals surface area contributed by atoms with Crippen LogP contribution in [0.3, 0.4) is 0 Å². The molecule has 1 aliphatic carbocycles. The van der Waals surface area contributed by atoms with Gasteiger partial charge in [-0.05, 0) is 60.2 Å². The molecule has 0 bridgehead atoms. The highest BCUT2D eigenvalue weighted by Crippen LogP contribution is 2.42. The molecule has 3 nitrogen and oxygen atoms in total. The summed E-state index contributed by atoms with van der Waals surface area (Å²) in [5.74, 6) is 1.40. The Morgan fingerprint density at radius 3 is 2.44 bits per heavy atom. The predicted molar refractivity (Wildman–Crippen MR) is 132 cm³/mol. The van der Waals surface area contributed by atoms with Gasteiger partial charge in [0, 0.05) is 44.7 Å². The van der Waals surface area contributed by atoms with Crippen molar-refractivity contribution in [2.24, 2.45) is 0 Å². The van der Waals surface area contributed by atoms with E-state index in [0.29, 0.717) is 12.0 Å². The average Bonchev–Trinajstić information content (AvgIpc) is 3.19. The molecule has 3 heteroatoms. The van der Waals surface area contributed by atoms with Gasteiger partial charge in [0.15, 0.2) is 0 Å². The summed E-state index contributed by atoms with van der Waals surface area (Å²) < 4.78 is 5.54. The van der Waals surface area contributed by atoms with Crippen molar-refractivity contribution in [1.29, 1.82) is 0 Å². The van der Waals surface area contributed by atoms with Gasteiger partial charge in [0.2, 0.25) is 0 Å². The predicted octanol–water partition coefficient (Wildman–Crippen LogP) is 5.19. The molecule has 1 aliphatic heterocycles. The van der Waals surface area contributed by atoms with E-state index in [-0.39, 0.29) is 0 Å². The fourth-order valence-electron chi connectivity index (χ4n) is 5.63. The standard InChI is InChI=1S/C29H34N2O/c1-21-7-6-10-23(17-21)29-27-12-11-26(32-3)18-25(27)19-28(29)31-15-13-30(14-16-31)20-24-9-5-4-8-22(24)2/h4-12,17-18,28-29H,13-16,19-20H2,1-3H3. The van der Waals surface area contributed by atoms with Gasteiger partial charge in [-0.2, -0.15) is 0 Å². The molecule has 32 heavy (non-hydrogen) atoms. The molecule has 0 N–H and O–H groups in total. The van der Waals surface area contributed by atoms with Crippen LogP contribution in [-0.4, -0.2) is 49.1 Å². The third kappa shape index (κ3) is 4.20. The van der Waals surface area contributed by atoms with E-state index in [1.165, 1.54) is 33.4 Å². The first-order chi connectivity index (χ1) is 15.6. The summed E-state index contributed by atoms with van der Waals surface area (Å²) in [7, 11) is 1.76. The van der Waals surface area contributed by atoms with Crippen molar-refractivity contribution < 1.29 is 4.74 Å². The second kappa shape index (κ2) is 9.09. The van der Waals surface area contributed by atoms with Crippen LogP contribution in [0.4, 0.5) is 0 Å². The van der Waals surface area contributed by atoms with E-state index in [1.807, 2.05) is 0 Å². The molecule has 0 saturated carbocycles. The first-order valence-corrected chi connectivity index (χ1v) is 11.9. The van der Waals surface area contributed by atoms with Crippen molar-refractivity contribution in [3.63, 3.8) is 0 Å². The average molecular weight is 427 g/mol. The zero-order valence-corrected chi connectivity index (χ0v) is 19.6. The number of benzene rings is 3. The van der Waals surface area contributed by atoms with Crippen LogP contribution >= 0.6 is 0 Å². The minimum Gasteiger partial charge on any atom is -0.497 e. The second-order valence-electron chi connectivity index (χ2n) is 9.47. The molecular weight excluding hydrogens is 392 g/mol. The summed E-state index contributed by atoms with van der Waals surface area (Å²) in [5, 5.41) is 0. The van der Waals surface area contributed by atoms with Crippen LogP contribution in [0.2, 0.25) is 0 Å². The highest BCUT2D eigenvalue weighted by molar-refractivity contribution is 5.48. The van der Waals surface area contributed by atoms with Crippen molar-refractivity contribution in [3.8, 4) is 5.75 Å². The zero-order chi connectivity index (χ0) is 22.1. The number of rotatable bonds is 5. The molecule has 0 radical (unpaired) electrons. The lowest BCUT2D eigenvalue weighted by Crippen LogP contribution is -2.51. The highest BCUT2D eigenvalue weighted by Gasteiger charge is 2.38. The Kier molecular flexibility index (Phi) is 6.03. The smallest absolute Gasteiger partial charge is 0.119 e. The first kappa shape index (κ1) is 21.2. The molecule has 0 amide bonds. The summed E-state index contributed by atoms with van der Waals surface area (Å²) in [4.78, 5) is 5.36. The minimum absolute atomic E-state index is 0.429. The van der Waals surface area contributed by atoms with Gasteiger partial charge < -0.3 is 4.74 Å². The molecule has 166 valence electrons. The number of fused-ring (bicyclic) bond motifs is 1. The molecule has 2 atom stereocenters. The molecule has 0 aromatic heterocycles. The number of piperazine rings is 1. The van der Waals surface area contributed by atoms with Crippen molar-refractivity contribution in [2.75, 3.05) is 33.3 Å². The summed E-state index contributed by atoms with van der Waals surface area (Å²) in [6, 6.07) is 25.1. The van der Waals surface area contributed by atoms with E-state index in [0.717, 1.165) is 44.9 Å². The van der Waals surface area contributed by atoms with Gasteiger partial charge >= 0.3 is 0 Å². The Labute approximate surface area is 192 Å². The van der Waals surface area contributed by atoms with E-state index in [2.05, 4.69) is 90.4 Å². The Morgan fingerprint density at radius 2 is 1.69 bits per heavy atom. The summed E-state index contributed by atoms with van der Waals surface area (Å²) in [6.07, 6.45) is 1.10. The van der Waals surface area contributed by atoms with Gasteiger partial charge in [0.1, 0.15) is 5.75 Å². The lowest BCUT2D eigenvalue weighted by Gasteiger charge is -2.40. The van der Waals surface area contributed by atoms with Crippen molar-refractivity contribution in [2.45, 2.75) is 38.8 Å². The van der Waals surface area contributed by atoms with Crippen molar-refractivity contribution in [1.82, 2.24) is 9.80 Å². The maximum Gasteiger partial charge on any atom is 0.119 e. The molecule has 2 unspecified atom stereocenters. The SMILES string of the molecule is COc1ccc2c(c1)CC(N1CCN(Cc3ccccc3C)CC1)C2c1cccc(C)c1. The van der Waals surface area contributed by atoms with Crippen LogP contribution < -0.4 is 4.74 Å². The molecule has 2 aliphatic rings. The summed E-state index contributed by atoms with van der Waals surface area (Å²) in [6.45, 7) is 10.0. The topological polar surface area (TPSA) is 15.7 Å². The monoisotopic (exact) mass is 426 g/mol. The molecule has 5 rings (SSSR count). The lowest BCUT2D eigenvalue weighted by molar-refractivity contribution is 0.0891. The normalized spacial score (nSPS) is 21.5. The third-order valence-corrected chi connectivity index (χ3v) is 7.43. The van der Waals surface area contributed by atoms with Crippen molar-refractivity contribution in [3.05, 3.63) is 100 Å². The van der Waals surface area contributed by atoms with Gasteiger partial charge in [0.25, 0.3) is 0 Å². The molecular formula is C29H34N2O. The Bertz CT molecular complexity index is 1080. The maximum atomic E-state index is 5.54. The van der Waals surface area contributed by atoms with Crippen LogP contribution in [0.15, 0.2) is 66.7 Å². The van der Waals surface area contributed by atoms with E-state index in [9.17, 15) is 0 Å². The fraction of sp³-hybridized carbons (Fsp3) is 0.379. The fourth-order valence-corrected chi connectivity index (χ4v) is 5.63. The molecule has 1 heterocycles. The summed E-state index contributed by atoms with van der Waals surface area (Å²) >= 11 is 0. The maximum absolute atomic E-state index is 5.54. The van der Waals surface area contributed by atoms with Gasteiger partial charge in [-0.25, -0.2) is 0 Å². The zero-order valence-electron chi connectivity index (χ0n) is 19.6. The van der Waals surface area contributed by atoms with Crippen LogP contribution in [0, 0.1) is 13.8 Å². The van der Waals surface area contributed by atoms with E-state index in [1.54, 1.807) is 7.11 Å². The lowest BCUT2D eigenvalue weighted by atomic mass is 9.88. The number of methoxy groups -OCH3 is 1. The van der Waals surface area contributed by atoms with Crippen LogP contribution in [0.1, 0.15) is 39.3 Å². The molecule has 3 aromatic carbocycles. The second-order valence-corrected chi connectivity index (χ2v) is 9.47. The number of nitrogens with zero attached hydrogens (tertiary/aromatic N) is 2. The van der Waals surface area contributed by atoms with Crippen molar-refractivity contribution >= 4 is 0 Å². The molecule has 1 saturated heterocycles. The largest absolute Gasteiger partial charge is 0.497 e. The molecule has 1 fully saturated rings. The first-order valence-electron chi connectivity index (χ1n) is 11.9. The van der Waals surface area contributed by atoms with Crippen LogP contribution in [-0.2, 0) is 13.0 Å². The number of hydrogen-bond donors (Lipinski definition) is 0. The Balaban J connectivity index is 1.36. The number of ether oxygens (including phenoxy) is 1. The number of aryl methyl sites for hydroxylation is 2. The van der Waals surface area contributed by atoms with E-state index in [4.69, 9.17) is 4.74 Å². The number of hydrogen-bond acceptors (Lipinski definition) is 3. The van der Waals surface area contributed by atoms with Gasteiger partial charge in [0.05, 0.1) is 7.11 Å². The van der Waals surface area contributed by atoms with Crippen LogP contribution in [0.25, 0.3) is 0 Å². The Morgan fingerprint density at radius 1 is 0.875 bits per heavy atom. The Hall–Kier alpha value is -2.62. The van der Waals surface area contributed by atoms with Crippen LogP contribution in [0.5, 0.6) is 5.75 Å². The molecule has 3 aromatic rings.